The molecule has 3 aromatic carbocycles. The number of carbonyl (C=O) groups is 4. The van der Waals surface area contributed by atoms with Gasteiger partial charge in [-0.3, -0.25) is 24.5 Å². The quantitative estimate of drug-likeness (QED) is 0.135. The second kappa shape index (κ2) is 12.1. The van der Waals surface area contributed by atoms with E-state index in [4.69, 9.17) is 16.0 Å². The number of aromatic nitrogens is 4. The fourth-order valence-electron chi connectivity index (χ4n) is 5.13. The number of carbonyl (C=O) groups excluding carboxylic acids is 3. The van der Waals surface area contributed by atoms with Gasteiger partial charge in [-0.05, 0) is 58.5 Å². The van der Waals surface area contributed by atoms with Gasteiger partial charge in [0.05, 0.1) is 16.3 Å². The van der Waals surface area contributed by atoms with Crippen LogP contribution in [0.15, 0.2) is 77.5 Å². The molecule has 5 aromatic rings. The van der Waals surface area contributed by atoms with Gasteiger partial charge >= 0.3 is 17.8 Å². The number of hydrogen-bond donors (Lipinski definition) is 2. The molecule has 2 aromatic heterocycles. The molecular formula is C29H21ClN8O8. The molecule has 1 aliphatic rings. The molecular weight excluding hydrogens is 624 g/mol. The lowest BCUT2D eigenvalue weighted by Gasteiger charge is -2.38. The van der Waals surface area contributed by atoms with Crippen molar-refractivity contribution >= 4 is 63.3 Å². The van der Waals surface area contributed by atoms with E-state index in [1.54, 1.807) is 12.1 Å². The number of anilines is 2. The topological polar surface area (TPSA) is 207 Å². The largest absolute Gasteiger partial charge is 0.475 e. The Bertz CT molecular complexity index is 2010. The maximum Gasteiger partial charge on any atom is 0.371 e. The summed E-state index contributed by atoms with van der Waals surface area (Å²) in [5, 5.41) is 34.9. The van der Waals surface area contributed by atoms with E-state index in [1.807, 2.05) is 0 Å². The summed E-state index contributed by atoms with van der Waals surface area (Å²) >= 11 is 6.23. The van der Waals surface area contributed by atoms with Gasteiger partial charge in [-0.25, -0.2) is 4.79 Å². The molecule has 46 heavy (non-hydrogen) atoms. The van der Waals surface area contributed by atoms with Gasteiger partial charge in [-0.2, -0.15) is 4.68 Å². The smallest absolute Gasteiger partial charge is 0.371 e. The van der Waals surface area contributed by atoms with E-state index in [1.165, 1.54) is 70.5 Å². The zero-order valence-electron chi connectivity index (χ0n) is 23.4. The number of hydrogen-bond acceptors (Lipinski definition) is 10. The van der Waals surface area contributed by atoms with E-state index >= 15 is 0 Å². The van der Waals surface area contributed by atoms with Crippen molar-refractivity contribution in [3.8, 4) is 5.69 Å². The Morgan fingerprint density at radius 2 is 1.80 bits per heavy atom. The number of rotatable bonds is 9. The summed E-state index contributed by atoms with van der Waals surface area (Å²) in [7, 11) is 0. The first-order chi connectivity index (χ1) is 22.1. The van der Waals surface area contributed by atoms with Gasteiger partial charge < -0.3 is 24.6 Å². The summed E-state index contributed by atoms with van der Waals surface area (Å²) in [5.74, 6) is -4.07. The number of carboxylic acids is 1. The van der Waals surface area contributed by atoms with Crippen LogP contribution in [0.4, 0.5) is 17.1 Å². The van der Waals surface area contributed by atoms with E-state index in [0.29, 0.717) is 21.7 Å². The zero-order valence-corrected chi connectivity index (χ0v) is 24.2. The maximum atomic E-state index is 13.8. The number of furan rings is 1. The van der Waals surface area contributed by atoms with Crippen molar-refractivity contribution in [2.75, 3.05) is 23.3 Å². The Labute approximate surface area is 262 Å². The zero-order chi connectivity index (χ0) is 32.5. The molecule has 6 rings (SSSR count). The van der Waals surface area contributed by atoms with E-state index in [0.717, 1.165) is 4.90 Å². The van der Waals surface area contributed by atoms with E-state index in [-0.39, 0.29) is 47.9 Å². The number of piperazine rings is 1. The number of nitrogens with zero attached hydrogens (tertiary/aromatic N) is 7. The Kier molecular flexibility index (Phi) is 7.85. The number of halogens is 1. The SMILES string of the molecule is O=C(O)c1cc2cc(NC(=O)C(Cc3ccc([N+](=O)[O-])cc3)N3CCN(c4cc(Cl)ccc4-n4cnnn4)C(=O)C3=O)ccc2o1. The summed E-state index contributed by atoms with van der Waals surface area (Å²) < 4.78 is 6.59. The Hall–Kier alpha value is -6.16. The molecule has 1 saturated heterocycles. The third-order valence-corrected chi connectivity index (χ3v) is 7.56. The van der Waals surface area contributed by atoms with Crippen LogP contribution in [0.5, 0.6) is 0 Å². The minimum atomic E-state index is -1.25. The normalized spacial score (nSPS) is 14.0. The molecule has 0 aliphatic carbocycles. The van der Waals surface area contributed by atoms with Gasteiger partial charge in [0.25, 0.3) is 5.69 Å². The minimum absolute atomic E-state index is 0.0109. The summed E-state index contributed by atoms with van der Waals surface area (Å²) in [5.41, 5.74) is 1.59. The number of fused-ring (bicyclic) bond motifs is 1. The van der Waals surface area contributed by atoms with E-state index in [2.05, 4.69) is 20.8 Å². The van der Waals surface area contributed by atoms with Crippen LogP contribution in [0.1, 0.15) is 16.1 Å². The van der Waals surface area contributed by atoms with Gasteiger partial charge in [0.15, 0.2) is 0 Å². The number of tetrazole rings is 1. The predicted molar refractivity (Wildman–Crippen MR) is 161 cm³/mol. The standard InChI is InChI=1S/C29H21ClN8O8/c30-18-3-7-21(37-15-31-33-34-37)22(14-18)35-9-10-36(28(41)27(35)40)23(11-16-1-5-20(6-2-16)38(44)45)26(39)32-19-4-8-24-17(12-19)13-25(46-24)29(42)43/h1-8,12-15,23H,9-11H2,(H,32,39)(H,42,43). The van der Waals surface area contributed by atoms with Crippen LogP contribution in [0.2, 0.25) is 5.02 Å². The lowest BCUT2D eigenvalue weighted by Crippen LogP contribution is -2.60. The second-order valence-corrected chi connectivity index (χ2v) is 10.6. The van der Waals surface area contributed by atoms with Crippen LogP contribution in [-0.2, 0) is 20.8 Å². The summed E-state index contributed by atoms with van der Waals surface area (Å²) in [4.78, 5) is 65.4. The molecule has 1 unspecified atom stereocenters. The Morgan fingerprint density at radius 3 is 2.50 bits per heavy atom. The first kappa shape index (κ1) is 29.9. The number of nitro benzene ring substituents is 1. The number of nitrogens with one attached hydrogen (secondary N) is 1. The first-order valence-corrected chi connectivity index (χ1v) is 13.9. The van der Waals surface area contributed by atoms with Crippen molar-refractivity contribution in [3.05, 3.63) is 99.5 Å². The third kappa shape index (κ3) is 5.83. The highest BCUT2D eigenvalue weighted by atomic mass is 35.5. The highest BCUT2D eigenvalue weighted by molar-refractivity contribution is 6.41. The molecule has 1 fully saturated rings. The van der Waals surface area contributed by atoms with Crippen molar-refractivity contribution in [2.24, 2.45) is 0 Å². The average molecular weight is 645 g/mol. The predicted octanol–water partition coefficient (Wildman–Crippen LogP) is 3.09. The second-order valence-electron chi connectivity index (χ2n) is 10.1. The number of nitro groups is 1. The first-order valence-electron chi connectivity index (χ1n) is 13.6. The van der Waals surface area contributed by atoms with E-state index in [9.17, 15) is 34.4 Å². The lowest BCUT2D eigenvalue weighted by atomic mass is 10.0. The molecule has 16 nitrogen and oxygen atoms in total. The molecule has 0 saturated carbocycles. The molecule has 0 bridgehead atoms. The Balaban J connectivity index is 1.30. The van der Waals surface area contributed by atoms with Crippen molar-refractivity contribution in [1.29, 1.82) is 0 Å². The van der Waals surface area contributed by atoms with Gasteiger partial charge in [0, 0.05) is 47.7 Å². The third-order valence-electron chi connectivity index (χ3n) is 7.33. The van der Waals surface area contributed by atoms with Gasteiger partial charge in [0.2, 0.25) is 11.7 Å². The average Bonchev–Trinajstić information content (AvgIpc) is 3.72. The molecule has 1 aliphatic heterocycles. The molecule has 2 N–H and O–H groups in total. The molecule has 0 spiro atoms. The van der Waals surface area contributed by atoms with Crippen LogP contribution in [0.3, 0.4) is 0 Å². The number of benzene rings is 3. The molecule has 232 valence electrons. The number of carboxylic acid groups (broad SMARTS) is 1. The lowest BCUT2D eigenvalue weighted by molar-refractivity contribution is -0.384. The summed E-state index contributed by atoms with van der Waals surface area (Å²) in [6.45, 7) is -0.0665. The summed E-state index contributed by atoms with van der Waals surface area (Å²) in [6.07, 6.45) is 1.25. The van der Waals surface area contributed by atoms with Crippen LogP contribution in [0, 0.1) is 10.1 Å². The minimum Gasteiger partial charge on any atom is -0.475 e. The van der Waals surface area contributed by atoms with Crippen molar-refractivity contribution in [3.63, 3.8) is 0 Å². The highest BCUT2D eigenvalue weighted by Gasteiger charge is 2.40. The number of non-ortho nitro benzene ring substituents is 1. The molecule has 1 atom stereocenters. The van der Waals surface area contributed by atoms with Crippen molar-refractivity contribution in [1.82, 2.24) is 25.1 Å². The fourth-order valence-corrected chi connectivity index (χ4v) is 5.29. The monoisotopic (exact) mass is 644 g/mol. The van der Waals surface area contributed by atoms with Crippen LogP contribution in [-0.4, -0.2) is 78.0 Å². The number of aromatic carboxylic acids is 1. The molecule has 0 radical (unpaired) electrons. The van der Waals surface area contributed by atoms with Gasteiger partial charge in [-0.15, -0.1) is 5.10 Å². The van der Waals surface area contributed by atoms with Crippen LogP contribution >= 0.6 is 11.6 Å². The van der Waals surface area contributed by atoms with Gasteiger partial charge in [0.1, 0.15) is 18.0 Å². The van der Waals surface area contributed by atoms with Crippen molar-refractivity contribution in [2.45, 2.75) is 12.5 Å². The van der Waals surface area contributed by atoms with Crippen LogP contribution < -0.4 is 10.2 Å². The highest BCUT2D eigenvalue weighted by Crippen LogP contribution is 2.30. The summed E-state index contributed by atoms with van der Waals surface area (Å²) in [6, 6.07) is 14.8. The van der Waals surface area contributed by atoms with Crippen molar-refractivity contribution < 1.29 is 33.6 Å². The van der Waals surface area contributed by atoms with Crippen LogP contribution in [0.25, 0.3) is 16.7 Å². The fraction of sp³-hybridized carbons (Fsp3) is 0.138. The Morgan fingerprint density at radius 1 is 1.02 bits per heavy atom. The molecule has 17 heteroatoms. The van der Waals surface area contributed by atoms with E-state index < -0.39 is 34.7 Å². The van der Waals surface area contributed by atoms with Gasteiger partial charge in [-0.1, -0.05) is 23.7 Å². The molecule has 3 amide bonds. The number of amides is 3. The molecule has 3 heterocycles. The maximum absolute atomic E-state index is 13.8.